The van der Waals surface area contributed by atoms with Gasteiger partial charge in [0.15, 0.2) is 6.61 Å². The number of fused-ring (bicyclic) bond motifs is 1. The van der Waals surface area contributed by atoms with E-state index in [2.05, 4.69) is 5.32 Å². The highest BCUT2D eigenvalue weighted by atomic mass is 16.6. The van der Waals surface area contributed by atoms with Crippen LogP contribution in [0.3, 0.4) is 0 Å². The van der Waals surface area contributed by atoms with Crippen LogP contribution in [0.5, 0.6) is 5.75 Å². The lowest BCUT2D eigenvalue weighted by Crippen LogP contribution is -2.20. The summed E-state index contributed by atoms with van der Waals surface area (Å²) in [7, 11) is 0. The third-order valence-electron chi connectivity index (χ3n) is 2.70. The van der Waals surface area contributed by atoms with Gasteiger partial charge in [-0.25, -0.2) is 4.79 Å². The normalized spacial score (nSPS) is 13.7. The molecular formula is C14H17NO4. The lowest BCUT2D eigenvalue weighted by Gasteiger charge is -2.17. The average molecular weight is 263 g/mol. The molecule has 19 heavy (non-hydrogen) atoms. The van der Waals surface area contributed by atoms with Gasteiger partial charge in [-0.1, -0.05) is 0 Å². The van der Waals surface area contributed by atoms with E-state index in [1.54, 1.807) is 26.0 Å². The van der Waals surface area contributed by atoms with Crippen molar-refractivity contribution in [1.82, 2.24) is 0 Å². The van der Waals surface area contributed by atoms with Gasteiger partial charge < -0.3 is 14.8 Å². The molecule has 1 amide bonds. The van der Waals surface area contributed by atoms with Crippen molar-refractivity contribution in [1.29, 1.82) is 0 Å². The second kappa shape index (κ2) is 5.73. The van der Waals surface area contributed by atoms with Gasteiger partial charge >= 0.3 is 5.97 Å². The van der Waals surface area contributed by atoms with Gasteiger partial charge in [0, 0.05) is 12.1 Å². The second-order valence-electron chi connectivity index (χ2n) is 4.69. The Bertz CT molecular complexity index is 496. The maximum Gasteiger partial charge on any atom is 0.344 e. The molecule has 1 aromatic carbocycles. The van der Waals surface area contributed by atoms with Crippen LogP contribution in [0.4, 0.5) is 5.69 Å². The zero-order chi connectivity index (χ0) is 13.8. The number of nitrogens with one attached hydrogen (secondary N) is 1. The van der Waals surface area contributed by atoms with Crippen LogP contribution in [-0.4, -0.2) is 24.6 Å². The number of ether oxygens (including phenoxy) is 2. The number of aryl methyl sites for hydroxylation is 1. The average Bonchev–Trinajstić information content (AvgIpc) is 2.35. The Kier molecular flexibility index (Phi) is 4.04. The zero-order valence-corrected chi connectivity index (χ0v) is 11.1. The van der Waals surface area contributed by atoms with Crippen LogP contribution < -0.4 is 10.1 Å². The first kappa shape index (κ1) is 13.4. The molecule has 5 nitrogen and oxygen atoms in total. The Balaban J connectivity index is 1.95. The number of anilines is 1. The smallest absolute Gasteiger partial charge is 0.344 e. The minimum absolute atomic E-state index is 0.0293. The summed E-state index contributed by atoms with van der Waals surface area (Å²) in [6.07, 6.45) is 1.02. The summed E-state index contributed by atoms with van der Waals surface area (Å²) in [5.74, 6) is 0.248. The highest BCUT2D eigenvalue weighted by molar-refractivity contribution is 5.94. The largest absolute Gasteiger partial charge is 0.482 e. The monoisotopic (exact) mass is 263 g/mol. The molecule has 1 N–H and O–H groups in total. The number of hydrogen-bond donors (Lipinski definition) is 1. The topological polar surface area (TPSA) is 64.6 Å². The molecule has 0 fully saturated rings. The van der Waals surface area contributed by atoms with Crippen molar-refractivity contribution in [2.24, 2.45) is 0 Å². The zero-order valence-electron chi connectivity index (χ0n) is 11.1. The van der Waals surface area contributed by atoms with Crippen molar-refractivity contribution >= 4 is 17.6 Å². The van der Waals surface area contributed by atoms with Crippen molar-refractivity contribution < 1.29 is 19.1 Å². The summed E-state index contributed by atoms with van der Waals surface area (Å²) in [4.78, 5) is 22.6. The number of hydrogen-bond acceptors (Lipinski definition) is 4. The van der Waals surface area contributed by atoms with Gasteiger partial charge in [0.05, 0.1) is 6.10 Å². The van der Waals surface area contributed by atoms with Gasteiger partial charge in [-0.15, -0.1) is 0 Å². The fraction of sp³-hybridized carbons (Fsp3) is 0.429. The fourth-order valence-corrected chi connectivity index (χ4v) is 1.89. The molecule has 1 aromatic rings. The maximum atomic E-state index is 11.4. The van der Waals surface area contributed by atoms with Crippen LogP contribution in [0.1, 0.15) is 25.8 Å². The molecule has 1 aliphatic rings. The number of carbonyl (C=O) groups is 2. The Morgan fingerprint density at radius 1 is 1.37 bits per heavy atom. The van der Waals surface area contributed by atoms with Crippen molar-refractivity contribution in [3.8, 4) is 5.75 Å². The van der Waals surface area contributed by atoms with Crippen molar-refractivity contribution in [3.63, 3.8) is 0 Å². The highest BCUT2D eigenvalue weighted by Crippen LogP contribution is 2.26. The molecule has 102 valence electrons. The van der Waals surface area contributed by atoms with Crippen LogP contribution in [0, 0.1) is 0 Å². The van der Waals surface area contributed by atoms with E-state index in [4.69, 9.17) is 9.47 Å². The minimum atomic E-state index is -0.388. The molecule has 0 unspecified atom stereocenters. The molecular weight excluding hydrogens is 246 g/mol. The van der Waals surface area contributed by atoms with E-state index >= 15 is 0 Å². The number of esters is 1. The van der Waals surface area contributed by atoms with Crippen LogP contribution in [-0.2, 0) is 20.7 Å². The van der Waals surface area contributed by atoms with Gasteiger partial charge in [-0.3, -0.25) is 4.79 Å². The van der Waals surface area contributed by atoms with Gasteiger partial charge in [0.25, 0.3) is 0 Å². The molecule has 0 saturated heterocycles. The molecule has 1 aliphatic heterocycles. The Morgan fingerprint density at radius 2 is 2.16 bits per heavy atom. The lowest BCUT2D eigenvalue weighted by molar-refractivity contribution is -0.149. The Morgan fingerprint density at radius 3 is 2.89 bits per heavy atom. The van der Waals surface area contributed by atoms with E-state index < -0.39 is 0 Å². The van der Waals surface area contributed by atoms with E-state index in [0.29, 0.717) is 18.6 Å². The quantitative estimate of drug-likeness (QED) is 0.843. The van der Waals surface area contributed by atoms with Gasteiger partial charge in [-0.05, 0) is 44.0 Å². The molecule has 1 heterocycles. The van der Waals surface area contributed by atoms with Crippen LogP contribution in [0.15, 0.2) is 18.2 Å². The molecule has 0 aliphatic carbocycles. The standard InChI is InChI=1S/C14H17NO4/c1-9(2)19-14(17)8-18-11-4-5-12-10(7-11)3-6-13(16)15-12/h4-5,7,9H,3,6,8H2,1-2H3,(H,15,16). The van der Waals surface area contributed by atoms with Crippen molar-refractivity contribution in [2.45, 2.75) is 32.8 Å². The Hall–Kier alpha value is -2.04. The first-order valence-corrected chi connectivity index (χ1v) is 6.29. The molecule has 0 bridgehead atoms. The predicted octanol–water partition coefficient (Wildman–Crippen LogP) is 1.90. The third kappa shape index (κ3) is 3.71. The highest BCUT2D eigenvalue weighted by Gasteiger charge is 2.15. The fourth-order valence-electron chi connectivity index (χ4n) is 1.89. The summed E-state index contributed by atoms with van der Waals surface area (Å²) < 4.78 is 10.4. The predicted molar refractivity (Wildman–Crippen MR) is 70.1 cm³/mol. The van der Waals surface area contributed by atoms with Crippen LogP contribution >= 0.6 is 0 Å². The van der Waals surface area contributed by atoms with E-state index in [1.165, 1.54) is 0 Å². The molecule has 0 radical (unpaired) electrons. The van der Waals surface area contributed by atoms with Crippen molar-refractivity contribution in [3.05, 3.63) is 23.8 Å². The summed E-state index contributed by atoms with van der Waals surface area (Å²) >= 11 is 0. The first-order valence-electron chi connectivity index (χ1n) is 6.29. The summed E-state index contributed by atoms with van der Waals surface area (Å²) in [5, 5.41) is 2.79. The van der Waals surface area contributed by atoms with E-state index in [1.807, 2.05) is 6.07 Å². The molecule has 0 atom stereocenters. The van der Waals surface area contributed by atoms with Crippen molar-refractivity contribution in [2.75, 3.05) is 11.9 Å². The summed E-state index contributed by atoms with van der Waals surface area (Å²) in [6, 6.07) is 5.36. The second-order valence-corrected chi connectivity index (χ2v) is 4.69. The van der Waals surface area contributed by atoms with E-state index in [0.717, 1.165) is 11.3 Å². The molecule has 0 spiro atoms. The molecule has 0 saturated carbocycles. The van der Waals surface area contributed by atoms with Gasteiger partial charge in [-0.2, -0.15) is 0 Å². The molecule has 0 aromatic heterocycles. The van der Waals surface area contributed by atoms with Gasteiger partial charge in [0.2, 0.25) is 5.91 Å². The number of amides is 1. The summed E-state index contributed by atoms with van der Waals surface area (Å²) in [6.45, 7) is 3.47. The number of benzene rings is 1. The molecule has 5 heteroatoms. The lowest BCUT2D eigenvalue weighted by atomic mass is 10.0. The maximum absolute atomic E-state index is 11.4. The third-order valence-corrected chi connectivity index (χ3v) is 2.70. The number of carbonyl (C=O) groups excluding carboxylic acids is 2. The van der Waals surface area contributed by atoms with Crippen LogP contribution in [0.25, 0.3) is 0 Å². The van der Waals surface area contributed by atoms with Crippen LogP contribution in [0.2, 0.25) is 0 Å². The Labute approximate surface area is 111 Å². The summed E-state index contributed by atoms with van der Waals surface area (Å²) in [5.41, 5.74) is 1.84. The SMILES string of the molecule is CC(C)OC(=O)COc1ccc2c(c1)CCC(=O)N2. The molecule has 2 rings (SSSR count). The minimum Gasteiger partial charge on any atom is -0.482 e. The van der Waals surface area contributed by atoms with E-state index in [9.17, 15) is 9.59 Å². The number of rotatable bonds is 4. The first-order chi connectivity index (χ1) is 9.04. The van der Waals surface area contributed by atoms with Gasteiger partial charge in [0.1, 0.15) is 5.75 Å². The van der Waals surface area contributed by atoms with E-state index in [-0.39, 0.29) is 24.6 Å².